The maximum Gasteiger partial charge on any atom is 0.319 e. The number of aliphatic hydroxyl groups is 3. The SMILES string of the molecule is CCCN(C(=O)NCCCl)[C@@H]1OC[C@@H](O)[C@H](O)[C@H]1O. The van der Waals surface area contributed by atoms with Gasteiger partial charge in [-0.1, -0.05) is 6.92 Å². The first-order valence-corrected chi connectivity index (χ1v) is 6.82. The van der Waals surface area contributed by atoms with Gasteiger partial charge in [-0.25, -0.2) is 4.79 Å². The van der Waals surface area contributed by atoms with Crippen molar-refractivity contribution in [1.82, 2.24) is 10.2 Å². The van der Waals surface area contributed by atoms with Gasteiger partial charge in [-0.05, 0) is 6.42 Å². The maximum absolute atomic E-state index is 11.9. The summed E-state index contributed by atoms with van der Waals surface area (Å²) in [5.41, 5.74) is 0. The molecule has 1 heterocycles. The smallest absolute Gasteiger partial charge is 0.319 e. The van der Waals surface area contributed by atoms with Crippen LogP contribution in [0.25, 0.3) is 0 Å². The number of amides is 2. The number of hydrogen-bond donors (Lipinski definition) is 4. The van der Waals surface area contributed by atoms with Crippen LogP contribution in [0, 0.1) is 0 Å². The zero-order valence-electron chi connectivity index (χ0n) is 10.8. The third-order valence-corrected chi connectivity index (χ3v) is 3.07. The van der Waals surface area contributed by atoms with Crippen molar-refractivity contribution in [3.63, 3.8) is 0 Å². The predicted molar refractivity (Wildman–Crippen MR) is 68.9 cm³/mol. The van der Waals surface area contributed by atoms with Gasteiger partial charge < -0.3 is 25.4 Å². The second-order valence-electron chi connectivity index (χ2n) is 4.39. The largest absolute Gasteiger partial charge is 0.388 e. The summed E-state index contributed by atoms with van der Waals surface area (Å²) in [6.07, 6.45) is -4.15. The minimum absolute atomic E-state index is 0.133. The highest BCUT2D eigenvalue weighted by Crippen LogP contribution is 2.19. The molecule has 0 bridgehead atoms. The lowest BCUT2D eigenvalue weighted by Gasteiger charge is -2.41. The molecule has 1 rings (SSSR count). The zero-order valence-corrected chi connectivity index (χ0v) is 11.6. The minimum Gasteiger partial charge on any atom is -0.388 e. The summed E-state index contributed by atoms with van der Waals surface area (Å²) in [6, 6.07) is -0.421. The molecule has 1 saturated heterocycles. The Morgan fingerprint density at radius 1 is 1.42 bits per heavy atom. The summed E-state index contributed by atoms with van der Waals surface area (Å²) < 4.78 is 5.26. The summed E-state index contributed by atoms with van der Waals surface area (Å²) in [6.45, 7) is 2.40. The fourth-order valence-corrected chi connectivity index (χ4v) is 2.00. The molecule has 0 aromatic carbocycles. The van der Waals surface area contributed by atoms with E-state index in [1.807, 2.05) is 6.92 Å². The van der Waals surface area contributed by atoms with Crippen molar-refractivity contribution < 1.29 is 24.9 Å². The van der Waals surface area contributed by atoms with Crippen LogP contribution in [0.1, 0.15) is 13.3 Å². The molecule has 0 aromatic heterocycles. The number of ether oxygens (including phenoxy) is 1. The molecule has 19 heavy (non-hydrogen) atoms. The minimum atomic E-state index is -1.35. The Labute approximate surface area is 117 Å². The average molecular weight is 297 g/mol. The number of alkyl halides is 1. The van der Waals surface area contributed by atoms with E-state index in [9.17, 15) is 20.1 Å². The van der Waals surface area contributed by atoms with Gasteiger partial charge in [0.15, 0.2) is 6.23 Å². The lowest BCUT2D eigenvalue weighted by molar-refractivity contribution is -0.219. The van der Waals surface area contributed by atoms with Crippen molar-refractivity contribution in [3.05, 3.63) is 0 Å². The number of aliphatic hydroxyl groups excluding tert-OH is 3. The number of carbonyl (C=O) groups is 1. The molecule has 0 saturated carbocycles. The third-order valence-electron chi connectivity index (χ3n) is 2.88. The number of nitrogens with one attached hydrogen (secondary N) is 1. The van der Waals surface area contributed by atoms with Gasteiger partial charge in [-0.3, -0.25) is 4.90 Å². The molecule has 0 spiro atoms. The van der Waals surface area contributed by atoms with Gasteiger partial charge in [0.2, 0.25) is 0 Å². The predicted octanol–water partition coefficient (Wildman–Crippen LogP) is -0.914. The Kier molecular flexibility index (Phi) is 6.81. The van der Waals surface area contributed by atoms with Gasteiger partial charge in [-0.15, -0.1) is 11.6 Å². The molecular formula is C11H21ClN2O5. The van der Waals surface area contributed by atoms with Crippen LogP contribution in [0.15, 0.2) is 0 Å². The lowest BCUT2D eigenvalue weighted by atomic mass is 10.0. The Balaban J connectivity index is 2.72. The molecule has 1 aliphatic rings. The first kappa shape index (κ1) is 16.5. The molecule has 4 atom stereocenters. The van der Waals surface area contributed by atoms with E-state index in [1.54, 1.807) is 0 Å². The standard InChI is InChI=1S/C11H21ClN2O5/c1-2-5-14(11(18)13-4-3-12)10-9(17)8(16)7(15)6-19-10/h7-10,15-17H,2-6H2,1H3,(H,13,18)/t7-,8+,9-,10-/m1/s1. The second-order valence-corrected chi connectivity index (χ2v) is 4.76. The molecule has 4 N–H and O–H groups in total. The number of carbonyl (C=O) groups excluding carboxylic acids is 1. The molecule has 2 amide bonds. The summed E-state index contributed by atoms with van der Waals surface area (Å²) in [7, 11) is 0. The van der Waals surface area contributed by atoms with Gasteiger partial charge in [0.05, 0.1) is 6.61 Å². The van der Waals surface area contributed by atoms with E-state index in [0.29, 0.717) is 19.5 Å². The van der Waals surface area contributed by atoms with Crippen LogP contribution >= 0.6 is 11.6 Å². The highest BCUT2D eigenvalue weighted by molar-refractivity contribution is 6.18. The summed E-state index contributed by atoms with van der Waals surface area (Å²) in [4.78, 5) is 13.2. The highest BCUT2D eigenvalue weighted by atomic mass is 35.5. The van der Waals surface area contributed by atoms with Crippen LogP contribution in [0.3, 0.4) is 0 Å². The summed E-state index contributed by atoms with van der Waals surface area (Å²) in [5, 5.41) is 31.5. The van der Waals surface area contributed by atoms with Crippen LogP contribution in [-0.4, -0.2) is 76.4 Å². The molecule has 0 radical (unpaired) electrons. The Morgan fingerprint density at radius 2 is 2.11 bits per heavy atom. The van der Waals surface area contributed by atoms with Crippen LogP contribution in [0.2, 0.25) is 0 Å². The number of hydrogen-bond acceptors (Lipinski definition) is 5. The lowest BCUT2D eigenvalue weighted by Crippen LogP contribution is -2.61. The Hall–Kier alpha value is -0.600. The van der Waals surface area contributed by atoms with E-state index in [2.05, 4.69) is 5.32 Å². The van der Waals surface area contributed by atoms with Crippen molar-refractivity contribution in [1.29, 1.82) is 0 Å². The molecule has 0 aliphatic carbocycles. The van der Waals surface area contributed by atoms with Gasteiger partial charge in [0, 0.05) is 19.0 Å². The molecule has 0 unspecified atom stereocenters. The van der Waals surface area contributed by atoms with Gasteiger partial charge in [-0.2, -0.15) is 0 Å². The Morgan fingerprint density at radius 3 is 2.68 bits per heavy atom. The quantitative estimate of drug-likeness (QED) is 0.492. The molecule has 1 aliphatic heterocycles. The van der Waals surface area contributed by atoms with E-state index in [1.165, 1.54) is 4.90 Å². The van der Waals surface area contributed by atoms with Gasteiger partial charge in [0.1, 0.15) is 18.3 Å². The summed E-state index contributed by atoms with van der Waals surface area (Å²) in [5.74, 6) is 0.279. The van der Waals surface area contributed by atoms with Crippen LogP contribution in [0.5, 0.6) is 0 Å². The first-order chi connectivity index (χ1) is 9.02. The topological polar surface area (TPSA) is 102 Å². The number of rotatable bonds is 5. The molecule has 7 nitrogen and oxygen atoms in total. The van der Waals surface area contributed by atoms with Gasteiger partial charge >= 0.3 is 6.03 Å². The average Bonchev–Trinajstić information content (AvgIpc) is 2.40. The molecule has 112 valence electrons. The van der Waals surface area contributed by atoms with Crippen molar-refractivity contribution in [2.75, 3.05) is 25.6 Å². The van der Waals surface area contributed by atoms with Gasteiger partial charge in [0.25, 0.3) is 0 Å². The molecule has 0 aromatic rings. The summed E-state index contributed by atoms with van der Waals surface area (Å²) >= 11 is 5.50. The third kappa shape index (κ3) is 4.19. The first-order valence-electron chi connectivity index (χ1n) is 6.29. The Bertz CT molecular complexity index is 294. The fraction of sp³-hybridized carbons (Fsp3) is 0.909. The normalized spacial score (nSPS) is 31.0. The van der Waals surface area contributed by atoms with Crippen molar-refractivity contribution >= 4 is 17.6 Å². The van der Waals surface area contributed by atoms with E-state index < -0.39 is 30.6 Å². The van der Waals surface area contributed by atoms with Crippen molar-refractivity contribution in [2.45, 2.75) is 37.9 Å². The number of halogens is 1. The van der Waals surface area contributed by atoms with E-state index in [4.69, 9.17) is 16.3 Å². The van der Waals surface area contributed by atoms with Crippen molar-refractivity contribution in [2.24, 2.45) is 0 Å². The van der Waals surface area contributed by atoms with Crippen LogP contribution in [-0.2, 0) is 4.74 Å². The van der Waals surface area contributed by atoms with E-state index >= 15 is 0 Å². The molecule has 1 fully saturated rings. The molecular weight excluding hydrogens is 276 g/mol. The van der Waals surface area contributed by atoms with E-state index in [-0.39, 0.29) is 12.5 Å². The monoisotopic (exact) mass is 296 g/mol. The van der Waals surface area contributed by atoms with Crippen molar-refractivity contribution in [3.8, 4) is 0 Å². The zero-order chi connectivity index (χ0) is 14.4. The second kappa shape index (κ2) is 7.86. The number of urea groups is 1. The van der Waals surface area contributed by atoms with Crippen LogP contribution in [0.4, 0.5) is 4.79 Å². The van der Waals surface area contributed by atoms with Crippen LogP contribution < -0.4 is 5.32 Å². The fourth-order valence-electron chi connectivity index (χ4n) is 1.91. The maximum atomic E-state index is 11.9. The number of nitrogens with zero attached hydrogens (tertiary/aromatic N) is 1. The van der Waals surface area contributed by atoms with E-state index in [0.717, 1.165) is 0 Å². The molecule has 8 heteroatoms. The highest BCUT2D eigenvalue weighted by Gasteiger charge is 2.41.